The number of hydrogen-bond acceptors (Lipinski definition) is 2. The largest absolute Gasteiger partial charge is 0.465 e. The Balaban J connectivity index is 1.57. The number of fused-ring (bicyclic) bond motifs is 1. The fourth-order valence-corrected chi connectivity index (χ4v) is 6.44. The Hall–Kier alpha value is -2.82. The van der Waals surface area contributed by atoms with Crippen molar-refractivity contribution in [3.05, 3.63) is 70.5 Å². The van der Waals surface area contributed by atoms with Crippen LogP contribution in [0.25, 0.3) is 0 Å². The van der Waals surface area contributed by atoms with Crippen LogP contribution in [0.2, 0.25) is 0 Å². The van der Waals surface area contributed by atoms with Gasteiger partial charge in [0.15, 0.2) is 0 Å². The average molecular weight is 576 g/mol. The van der Waals surface area contributed by atoms with E-state index in [0.717, 1.165) is 5.56 Å². The molecule has 1 saturated heterocycles. The standard InChI is InChI=1S/C29H32F7NO3/c1-16(2)11-24-22-7-8-25(26(18-3-5-21(30)6-4-18)23(22)15-37(24)27(38)39)40-10-9-17-12-19(28(31,32)33)14-20(13-17)29(34,35)36/h3-6,12-14,16,22-26H,7-11,15H2,1-2H3,(H,38,39)/t22-,23-,24?,25+,26+/m0/s1. The van der Waals surface area contributed by atoms with E-state index < -0.39 is 41.5 Å². The van der Waals surface area contributed by atoms with Crippen LogP contribution >= 0.6 is 0 Å². The van der Waals surface area contributed by atoms with E-state index >= 15 is 0 Å². The van der Waals surface area contributed by atoms with Gasteiger partial charge in [0.1, 0.15) is 5.82 Å². The molecule has 0 radical (unpaired) electrons. The molecule has 0 spiro atoms. The van der Waals surface area contributed by atoms with Gasteiger partial charge in [-0.15, -0.1) is 0 Å². The maximum atomic E-state index is 13.7. The Morgan fingerprint density at radius 3 is 2.10 bits per heavy atom. The highest BCUT2D eigenvalue weighted by Gasteiger charge is 2.51. The number of benzene rings is 2. The summed E-state index contributed by atoms with van der Waals surface area (Å²) in [5.41, 5.74) is -2.14. The van der Waals surface area contributed by atoms with Gasteiger partial charge in [0, 0.05) is 18.5 Å². The molecule has 1 N–H and O–H groups in total. The molecule has 4 rings (SSSR count). The molecule has 1 saturated carbocycles. The van der Waals surface area contributed by atoms with Crippen molar-refractivity contribution in [3.8, 4) is 0 Å². The van der Waals surface area contributed by atoms with Gasteiger partial charge in [-0.3, -0.25) is 0 Å². The number of amides is 1. The summed E-state index contributed by atoms with van der Waals surface area (Å²) in [7, 11) is 0. The number of rotatable bonds is 7. The lowest BCUT2D eigenvalue weighted by molar-refractivity contribution is -0.143. The molecule has 4 nitrogen and oxygen atoms in total. The third-order valence-corrected chi connectivity index (χ3v) is 8.08. The van der Waals surface area contributed by atoms with E-state index in [1.54, 1.807) is 12.1 Å². The van der Waals surface area contributed by atoms with Crippen LogP contribution in [0.3, 0.4) is 0 Å². The minimum atomic E-state index is -4.94. The molecule has 1 heterocycles. The molecule has 220 valence electrons. The molecule has 0 aromatic heterocycles. The van der Waals surface area contributed by atoms with Crippen LogP contribution in [-0.4, -0.2) is 41.4 Å². The number of ether oxygens (including phenoxy) is 1. The SMILES string of the molecule is CC(C)CC1[C@H]2CC[C@@H](OCCc3cc(C(F)(F)F)cc(C(F)(F)F)c3)[C@H](c3ccc(F)cc3)[C@H]2CN1C(=O)O. The van der Waals surface area contributed by atoms with Crippen molar-refractivity contribution in [3.63, 3.8) is 0 Å². The first-order valence-electron chi connectivity index (χ1n) is 13.3. The van der Waals surface area contributed by atoms with E-state index in [0.29, 0.717) is 31.4 Å². The maximum Gasteiger partial charge on any atom is 0.416 e. The monoisotopic (exact) mass is 575 g/mol. The summed E-state index contributed by atoms with van der Waals surface area (Å²) in [6.45, 7) is 4.19. The Morgan fingerprint density at radius 2 is 1.57 bits per heavy atom. The highest BCUT2D eigenvalue weighted by molar-refractivity contribution is 5.66. The molecular formula is C29H32F7NO3. The topological polar surface area (TPSA) is 49.8 Å². The molecule has 1 aliphatic carbocycles. The molecule has 2 fully saturated rings. The lowest BCUT2D eigenvalue weighted by Crippen LogP contribution is -2.40. The quantitative estimate of drug-likeness (QED) is 0.341. The smallest absolute Gasteiger partial charge is 0.416 e. The van der Waals surface area contributed by atoms with E-state index in [9.17, 15) is 40.6 Å². The lowest BCUT2D eigenvalue weighted by atomic mass is 9.67. The molecular weight excluding hydrogens is 543 g/mol. The summed E-state index contributed by atoms with van der Waals surface area (Å²) in [6.07, 6.45) is -9.65. The lowest BCUT2D eigenvalue weighted by Gasteiger charge is -2.41. The van der Waals surface area contributed by atoms with Crippen molar-refractivity contribution < 1.29 is 45.4 Å². The molecule has 1 aliphatic heterocycles. The number of nitrogens with zero attached hydrogens (tertiary/aromatic N) is 1. The molecule has 11 heteroatoms. The van der Waals surface area contributed by atoms with Crippen molar-refractivity contribution in [2.75, 3.05) is 13.2 Å². The highest BCUT2D eigenvalue weighted by atomic mass is 19.4. The van der Waals surface area contributed by atoms with Gasteiger partial charge in [0.25, 0.3) is 0 Å². The normalized spacial score (nSPS) is 25.4. The number of hydrogen-bond donors (Lipinski definition) is 1. The van der Waals surface area contributed by atoms with E-state index in [-0.39, 0.29) is 60.9 Å². The third kappa shape index (κ3) is 6.72. The fourth-order valence-electron chi connectivity index (χ4n) is 6.44. The first-order valence-corrected chi connectivity index (χ1v) is 13.3. The molecule has 0 bridgehead atoms. The summed E-state index contributed by atoms with van der Waals surface area (Å²) in [6, 6.07) is 7.19. The van der Waals surface area contributed by atoms with Gasteiger partial charge in [0.05, 0.1) is 23.8 Å². The summed E-state index contributed by atoms with van der Waals surface area (Å²) < 4.78 is 99.5. The van der Waals surface area contributed by atoms with Gasteiger partial charge in [-0.25, -0.2) is 9.18 Å². The van der Waals surface area contributed by atoms with Gasteiger partial charge < -0.3 is 14.7 Å². The zero-order chi connectivity index (χ0) is 29.4. The average Bonchev–Trinajstić information content (AvgIpc) is 3.21. The van der Waals surface area contributed by atoms with Crippen LogP contribution in [0.4, 0.5) is 35.5 Å². The Kier molecular flexibility index (Phi) is 8.73. The number of alkyl halides is 6. The zero-order valence-corrected chi connectivity index (χ0v) is 22.1. The van der Waals surface area contributed by atoms with E-state index in [4.69, 9.17) is 4.74 Å². The second-order valence-electron chi connectivity index (χ2n) is 11.2. The molecule has 1 unspecified atom stereocenters. The first-order chi connectivity index (χ1) is 18.6. The predicted molar refractivity (Wildman–Crippen MR) is 133 cm³/mol. The number of carbonyl (C=O) groups is 1. The summed E-state index contributed by atoms with van der Waals surface area (Å²) in [5, 5.41) is 9.91. The van der Waals surface area contributed by atoms with Gasteiger partial charge in [-0.1, -0.05) is 26.0 Å². The minimum absolute atomic E-state index is 0.0474. The van der Waals surface area contributed by atoms with E-state index in [2.05, 4.69) is 0 Å². The van der Waals surface area contributed by atoms with Crippen molar-refractivity contribution in [2.45, 2.75) is 69.9 Å². The Morgan fingerprint density at radius 1 is 0.975 bits per heavy atom. The molecule has 2 aromatic carbocycles. The Bertz CT molecular complexity index is 1150. The predicted octanol–water partition coefficient (Wildman–Crippen LogP) is 8.01. The van der Waals surface area contributed by atoms with Gasteiger partial charge in [-0.2, -0.15) is 26.3 Å². The van der Waals surface area contributed by atoms with Crippen LogP contribution in [0, 0.1) is 23.6 Å². The fraction of sp³-hybridized carbons (Fsp3) is 0.552. The minimum Gasteiger partial charge on any atom is -0.465 e. The van der Waals surface area contributed by atoms with Crippen LogP contribution in [-0.2, 0) is 23.5 Å². The van der Waals surface area contributed by atoms with Crippen molar-refractivity contribution in [1.29, 1.82) is 0 Å². The maximum absolute atomic E-state index is 13.7. The van der Waals surface area contributed by atoms with Crippen LogP contribution in [0.1, 0.15) is 61.3 Å². The van der Waals surface area contributed by atoms with Crippen LogP contribution in [0.5, 0.6) is 0 Å². The van der Waals surface area contributed by atoms with Crippen molar-refractivity contribution in [1.82, 2.24) is 4.90 Å². The third-order valence-electron chi connectivity index (χ3n) is 8.08. The molecule has 1 amide bonds. The van der Waals surface area contributed by atoms with Gasteiger partial charge in [-0.05, 0) is 84.9 Å². The second-order valence-corrected chi connectivity index (χ2v) is 11.2. The summed E-state index contributed by atoms with van der Waals surface area (Å²) >= 11 is 0. The van der Waals surface area contributed by atoms with Crippen molar-refractivity contribution >= 4 is 6.09 Å². The molecule has 40 heavy (non-hydrogen) atoms. The van der Waals surface area contributed by atoms with Gasteiger partial charge in [0.2, 0.25) is 0 Å². The molecule has 2 aliphatic rings. The number of halogens is 7. The van der Waals surface area contributed by atoms with E-state index in [1.807, 2.05) is 13.8 Å². The number of carboxylic acid groups (broad SMARTS) is 1. The van der Waals surface area contributed by atoms with Crippen LogP contribution < -0.4 is 0 Å². The van der Waals surface area contributed by atoms with E-state index in [1.165, 1.54) is 17.0 Å². The van der Waals surface area contributed by atoms with Crippen molar-refractivity contribution in [2.24, 2.45) is 17.8 Å². The second kappa shape index (κ2) is 11.6. The molecule has 2 aromatic rings. The summed E-state index contributed by atoms with van der Waals surface area (Å²) in [4.78, 5) is 13.6. The summed E-state index contributed by atoms with van der Waals surface area (Å²) in [5.74, 6) is -0.570. The molecule has 5 atom stereocenters. The first kappa shape index (κ1) is 30.1. The number of likely N-dealkylation sites (tertiary alicyclic amines) is 1. The Labute approximate surface area is 228 Å². The zero-order valence-electron chi connectivity index (χ0n) is 22.1. The van der Waals surface area contributed by atoms with Crippen LogP contribution in [0.15, 0.2) is 42.5 Å². The highest BCUT2D eigenvalue weighted by Crippen LogP contribution is 2.50. The van der Waals surface area contributed by atoms with Gasteiger partial charge >= 0.3 is 18.4 Å².